The zero-order chi connectivity index (χ0) is 28.7. The molecule has 0 radical (unpaired) electrons. The average Bonchev–Trinajstić information content (AvgIpc) is 2.65. The number of esters is 2. The summed E-state index contributed by atoms with van der Waals surface area (Å²) in [7, 11) is 0. The molecule has 3 atom stereocenters. The second-order valence-electron chi connectivity index (χ2n) is 9.78. The summed E-state index contributed by atoms with van der Waals surface area (Å²) in [5, 5.41) is 14.3. The third-order valence-electron chi connectivity index (χ3n) is 3.95. The third-order valence-corrected chi connectivity index (χ3v) is 3.95. The Bertz CT molecular complexity index is 723. The Morgan fingerprint density at radius 3 is 1.47 bits per heavy atom. The maximum absolute atomic E-state index is 11.5. The van der Waals surface area contributed by atoms with E-state index in [0.29, 0.717) is 0 Å². The molecule has 0 aromatic rings. The number of ketones is 1. The molecule has 0 saturated heterocycles. The number of aliphatic hydroxyl groups excluding tert-OH is 1. The molecule has 0 fully saturated rings. The van der Waals surface area contributed by atoms with Crippen molar-refractivity contribution < 1.29 is 48.0 Å². The van der Waals surface area contributed by atoms with Crippen LogP contribution in [-0.2, 0) is 33.3 Å². The predicted molar refractivity (Wildman–Crippen MR) is 131 cm³/mol. The smallest absolute Gasteiger partial charge is 0.407 e. The van der Waals surface area contributed by atoms with Crippen LogP contribution in [0.4, 0.5) is 9.59 Å². The molecule has 0 heterocycles. The van der Waals surface area contributed by atoms with Gasteiger partial charge in [-0.1, -0.05) is 0 Å². The second kappa shape index (κ2) is 16.7. The van der Waals surface area contributed by atoms with Crippen LogP contribution in [0.15, 0.2) is 0 Å². The number of amides is 2. The summed E-state index contributed by atoms with van der Waals surface area (Å²) >= 11 is 0. The normalized spacial score (nSPS) is 13.5. The Balaban J connectivity index is 0. The van der Waals surface area contributed by atoms with Crippen LogP contribution in [0.25, 0.3) is 0 Å². The first-order chi connectivity index (χ1) is 16.3. The van der Waals surface area contributed by atoms with E-state index in [4.69, 9.17) is 18.9 Å². The average molecular weight is 521 g/mol. The van der Waals surface area contributed by atoms with Crippen molar-refractivity contribution in [2.75, 3.05) is 26.3 Å². The van der Waals surface area contributed by atoms with E-state index in [-0.39, 0.29) is 32.1 Å². The van der Waals surface area contributed by atoms with Crippen molar-refractivity contribution in [1.29, 1.82) is 0 Å². The summed E-state index contributed by atoms with van der Waals surface area (Å²) in [5.41, 5.74) is -1.23. The first-order valence-electron chi connectivity index (χ1n) is 11.8. The molecule has 12 nitrogen and oxygen atoms in total. The van der Waals surface area contributed by atoms with Crippen molar-refractivity contribution in [1.82, 2.24) is 10.6 Å². The summed E-state index contributed by atoms with van der Waals surface area (Å²) in [5.74, 6) is -3.32. The molecule has 0 aliphatic rings. The fraction of sp³-hybridized carbons (Fsp3) is 0.792. The van der Waals surface area contributed by atoms with Crippen LogP contribution < -0.4 is 10.6 Å². The first kappa shape index (κ1) is 35.3. The highest BCUT2D eigenvalue weighted by Gasteiger charge is 2.27. The standard InChI is InChI=1S/C12H23NO5.C12H21NO5/c2*1-6-17-10(15)9(8(2)14)7-13-11(16)18-12(3,4)5/h8-9,14H,6-7H2,1-5H3,(H,13,16);9H,6-7H2,1-5H3,(H,13,16)/t8-,9+;/m1./s1. The zero-order valence-electron chi connectivity index (χ0n) is 23.2. The Kier molecular flexibility index (Phi) is 16.4. The molecule has 3 N–H and O–H groups in total. The van der Waals surface area contributed by atoms with E-state index in [1.54, 1.807) is 55.4 Å². The molecule has 0 saturated carbocycles. The molecule has 0 aromatic carbocycles. The van der Waals surface area contributed by atoms with Gasteiger partial charge in [0.15, 0.2) is 0 Å². The highest BCUT2D eigenvalue weighted by molar-refractivity contribution is 5.98. The minimum Gasteiger partial charge on any atom is -0.466 e. The zero-order valence-corrected chi connectivity index (χ0v) is 23.2. The molecule has 0 aliphatic carbocycles. The van der Waals surface area contributed by atoms with Gasteiger partial charge >= 0.3 is 24.1 Å². The number of nitrogens with one attached hydrogen (secondary N) is 2. The highest BCUT2D eigenvalue weighted by atomic mass is 16.6. The summed E-state index contributed by atoms with van der Waals surface area (Å²) in [6.45, 7) is 16.7. The molecule has 2 amide bonds. The fourth-order valence-corrected chi connectivity index (χ4v) is 2.34. The number of hydrogen-bond acceptors (Lipinski definition) is 10. The van der Waals surface area contributed by atoms with Gasteiger partial charge in [-0.05, 0) is 69.2 Å². The Labute approximate surface area is 213 Å². The number of aliphatic hydroxyl groups is 1. The molecular weight excluding hydrogens is 476 g/mol. The van der Waals surface area contributed by atoms with Gasteiger partial charge in [0.25, 0.3) is 0 Å². The van der Waals surface area contributed by atoms with Gasteiger partial charge < -0.3 is 34.7 Å². The van der Waals surface area contributed by atoms with Gasteiger partial charge in [-0.2, -0.15) is 0 Å². The maximum Gasteiger partial charge on any atom is 0.407 e. The maximum atomic E-state index is 11.5. The van der Waals surface area contributed by atoms with E-state index in [9.17, 15) is 29.1 Å². The lowest BCUT2D eigenvalue weighted by atomic mass is 10.0. The van der Waals surface area contributed by atoms with E-state index >= 15 is 0 Å². The second-order valence-corrected chi connectivity index (χ2v) is 9.78. The minimum atomic E-state index is -0.988. The molecule has 0 aliphatic heterocycles. The number of hydrogen-bond donors (Lipinski definition) is 3. The van der Waals surface area contributed by atoms with Gasteiger partial charge in [-0.25, -0.2) is 9.59 Å². The summed E-state index contributed by atoms with van der Waals surface area (Å²) in [6, 6.07) is 0. The lowest BCUT2D eigenvalue weighted by molar-refractivity contribution is -0.152. The molecule has 12 heteroatoms. The molecule has 0 spiro atoms. The Hall–Kier alpha value is -2.89. The number of ether oxygens (including phenoxy) is 4. The predicted octanol–water partition coefficient (Wildman–Crippen LogP) is 2.35. The number of carbonyl (C=O) groups is 5. The number of alkyl carbamates (subject to hydrolysis) is 2. The van der Waals surface area contributed by atoms with Gasteiger partial charge in [0.05, 0.1) is 25.2 Å². The largest absolute Gasteiger partial charge is 0.466 e. The van der Waals surface area contributed by atoms with Crippen molar-refractivity contribution in [2.24, 2.45) is 11.8 Å². The van der Waals surface area contributed by atoms with Crippen LogP contribution >= 0.6 is 0 Å². The lowest BCUT2D eigenvalue weighted by Gasteiger charge is -2.22. The van der Waals surface area contributed by atoms with Crippen molar-refractivity contribution in [3.8, 4) is 0 Å². The SMILES string of the molecule is CCOC(=O)C(CNC(=O)OC(C)(C)C)C(C)=O.CCOC(=O)[C@@H](CNC(=O)OC(C)(C)C)[C@@H](C)O. The number of rotatable bonds is 10. The van der Waals surface area contributed by atoms with Crippen LogP contribution in [0.3, 0.4) is 0 Å². The van der Waals surface area contributed by atoms with Crippen molar-refractivity contribution in [3.63, 3.8) is 0 Å². The van der Waals surface area contributed by atoms with E-state index in [1.165, 1.54) is 13.8 Å². The lowest BCUT2D eigenvalue weighted by Crippen LogP contribution is -2.41. The van der Waals surface area contributed by atoms with E-state index in [0.717, 1.165) is 0 Å². The van der Waals surface area contributed by atoms with Crippen molar-refractivity contribution in [3.05, 3.63) is 0 Å². The van der Waals surface area contributed by atoms with E-state index < -0.39 is 53.3 Å². The quantitative estimate of drug-likeness (QED) is 0.221. The summed E-state index contributed by atoms with van der Waals surface area (Å²) in [6.07, 6.45) is -2.20. The van der Waals surface area contributed by atoms with Crippen LogP contribution in [0.1, 0.15) is 69.2 Å². The van der Waals surface area contributed by atoms with Crippen LogP contribution in [0.2, 0.25) is 0 Å². The van der Waals surface area contributed by atoms with Crippen LogP contribution in [0, 0.1) is 11.8 Å². The number of Topliss-reactive ketones (excluding diaryl/α,β-unsaturated/α-hetero) is 1. The van der Waals surface area contributed by atoms with E-state index in [2.05, 4.69) is 10.6 Å². The van der Waals surface area contributed by atoms with Crippen molar-refractivity contribution >= 4 is 29.9 Å². The summed E-state index contributed by atoms with van der Waals surface area (Å²) < 4.78 is 19.6. The monoisotopic (exact) mass is 520 g/mol. The third kappa shape index (κ3) is 18.4. The molecule has 1 unspecified atom stereocenters. The number of carbonyl (C=O) groups excluding carboxylic acids is 5. The van der Waals surface area contributed by atoms with Gasteiger partial charge in [-0.3, -0.25) is 14.4 Å². The highest BCUT2D eigenvalue weighted by Crippen LogP contribution is 2.09. The molecular formula is C24H44N2O10. The Morgan fingerprint density at radius 2 is 1.14 bits per heavy atom. The van der Waals surface area contributed by atoms with Gasteiger partial charge in [-0.15, -0.1) is 0 Å². The van der Waals surface area contributed by atoms with Crippen LogP contribution in [-0.4, -0.2) is 78.6 Å². The van der Waals surface area contributed by atoms with Gasteiger partial charge in [0, 0.05) is 13.1 Å². The van der Waals surface area contributed by atoms with E-state index in [1.807, 2.05) is 0 Å². The van der Waals surface area contributed by atoms with Crippen molar-refractivity contribution in [2.45, 2.75) is 86.5 Å². The Morgan fingerprint density at radius 1 is 0.750 bits per heavy atom. The first-order valence-corrected chi connectivity index (χ1v) is 11.8. The minimum absolute atomic E-state index is 0.0224. The van der Waals surface area contributed by atoms with Gasteiger partial charge in [0.1, 0.15) is 22.9 Å². The molecule has 0 aromatic heterocycles. The van der Waals surface area contributed by atoms with Crippen LogP contribution in [0.5, 0.6) is 0 Å². The van der Waals surface area contributed by atoms with Gasteiger partial charge in [0.2, 0.25) is 0 Å². The summed E-state index contributed by atoms with van der Waals surface area (Å²) in [4.78, 5) is 57.0. The topological polar surface area (TPSA) is 167 Å². The molecule has 36 heavy (non-hydrogen) atoms. The molecule has 210 valence electrons. The molecule has 0 rings (SSSR count). The fourth-order valence-electron chi connectivity index (χ4n) is 2.34. The molecule has 0 bridgehead atoms.